The van der Waals surface area contributed by atoms with Crippen LogP contribution in [0.2, 0.25) is 0 Å². The molecule has 0 aromatic rings. The molecule has 9 heteroatoms. The second-order valence-corrected chi connectivity index (χ2v) is 6.21. The van der Waals surface area contributed by atoms with Crippen molar-refractivity contribution >= 4 is 10.1 Å². The molecule has 0 radical (unpaired) electrons. The summed E-state index contributed by atoms with van der Waals surface area (Å²) in [6, 6.07) is 0. The van der Waals surface area contributed by atoms with Crippen LogP contribution >= 0.6 is 0 Å². The van der Waals surface area contributed by atoms with E-state index < -0.39 is 27.7 Å². The SMILES string of the molecule is C=CCNCC=C.CCCCCCC(F)(F)C(F)(F)S(=O)(=O)O. The maximum Gasteiger partial charge on any atom is 0.431 e. The highest BCUT2D eigenvalue weighted by molar-refractivity contribution is 7.87. The van der Waals surface area contributed by atoms with Crippen molar-refractivity contribution in [3.8, 4) is 0 Å². The van der Waals surface area contributed by atoms with E-state index in [0.717, 1.165) is 19.5 Å². The fourth-order valence-corrected chi connectivity index (χ4v) is 1.87. The van der Waals surface area contributed by atoms with Crippen LogP contribution in [0.5, 0.6) is 0 Å². The van der Waals surface area contributed by atoms with E-state index >= 15 is 0 Å². The average Bonchev–Trinajstić information content (AvgIpc) is 2.43. The average molecular weight is 363 g/mol. The van der Waals surface area contributed by atoms with Crippen molar-refractivity contribution in [3.63, 3.8) is 0 Å². The molecule has 0 spiro atoms. The monoisotopic (exact) mass is 363 g/mol. The van der Waals surface area contributed by atoms with E-state index in [1.165, 1.54) is 0 Å². The third-order valence-corrected chi connectivity index (χ3v) is 3.62. The lowest BCUT2D eigenvalue weighted by Crippen LogP contribution is -2.46. The summed E-state index contributed by atoms with van der Waals surface area (Å²) in [6.07, 6.45) is 3.82. The van der Waals surface area contributed by atoms with Gasteiger partial charge in [-0.3, -0.25) is 4.55 Å². The highest BCUT2D eigenvalue weighted by Gasteiger charge is 2.64. The first-order valence-electron chi connectivity index (χ1n) is 7.13. The van der Waals surface area contributed by atoms with E-state index in [-0.39, 0.29) is 6.42 Å². The minimum atomic E-state index is -6.09. The molecule has 0 aromatic heterocycles. The fraction of sp³-hybridized carbons (Fsp3) is 0.714. The summed E-state index contributed by atoms with van der Waals surface area (Å²) in [5.41, 5.74) is 0. The van der Waals surface area contributed by atoms with E-state index in [1.807, 2.05) is 19.1 Å². The van der Waals surface area contributed by atoms with Crippen molar-refractivity contribution < 1.29 is 30.5 Å². The maximum absolute atomic E-state index is 12.8. The molecule has 0 amide bonds. The smallest absolute Gasteiger partial charge is 0.310 e. The van der Waals surface area contributed by atoms with Crippen molar-refractivity contribution in [1.82, 2.24) is 5.32 Å². The van der Waals surface area contributed by atoms with Gasteiger partial charge in [0, 0.05) is 19.5 Å². The Kier molecular flexibility index (Phi) is 12.2. The van der Waals surface area contributed by atoms with Crippen LogP contribution in [0, 0.1) is 0 Å². The molecule has 0 aliphatic rings. The second kappa shape index (κ2) is 11.6. The summed E-state index contributed by atoms with van der Waals surface area (Å²) in [7, 11) is -6.09. The lowest BCUT2D eigenvalue weighted by Gasteiger charge is -2.23. The molecule has 0 unspecified atom stereocenters. The summed E-state index contributed by atoms with van der Waals surface area (Å²) < 4.78 is 79.2. The van der Waals surface area contributed by atoms with Gasteiger partial charge in [0.2, 0.25) is 0 Å². The standard InChI is InChI=1S/C8H14F4O3S.C6H11N/c1-2-3-4-5-6-7(9,10)8(11,12)16(13,14)15;1-3-5-7-6-4-2/h2-6H2,1H3,(H,13,14,15);3-4,7H,1-2,5-6H2. The Morgan fingerprint density at radius 1 is 1.04 bits per heavy atom. The molecule has 4 nitrogen and oxygen atoms in total. The van der Waals surface area contributed by atoms with Crippen LogP contribution in [0.4, 0.5) is 17.6 Å². The number of rotatable bonds is 11. The van der Waals surface area contributed by atoms with Gasteiger partial charge < -0.3 is 5.32 Å². The second-order valence-electron chi connectivity index (χ2n) is 4.74. The molecule has 0 bridgehead atoms. The van der Waals surface area contributed by atoms with Crippen molar-refractivity contribution in [2.75, 3.05) is 13.1 Å². The van der Waals surface area contributed by atoms with Gasteiger partial charge in [-0.25, -0.2) is 0 Å². The number of halogens is 4. The Morgan fingerprint density at radius 3 is 1.87 bits per heavy atom. The number of nitrogens with one attached hydrogen (secondary N) is 1. The molecule has 0 saturated carbocycles. The van der Waals surface area contributed by atoms with Gasteiger partial charge in [-0.15, -0.1) is 13.2 Å². The maximum atomic E-state index is 12.8. The highest BCUT2D eigenvalue weighted by atomic mass is 32.2. The number of alkyl halides is 4. The molecular weight excluding hydrogens is 338 g/mol. The Balaban J connectivity index is 0. The molecule has 0 aliphatic heterocycles. The molecule has 0 aromatic carbocycles. The molecule has 2 N–H and O–H groups in total. The lowest BCUT2D eigenvalue weighted by molar-refractivity contribution is -0.164. The van der Waals surface area contributed by atoms with Crippen molar-refractivity contribution in [2.45, 2.75) is 50.2 Å². The Morgan fingerprint density at radius 2 is 1.52 bits per heavy atom. The third kappa shape index (κ3) is 9.72. The molecule has 0 heterocycles. The first-order valence-corrected chi connectivity index (χ1v) is 8.57. The Bertz CT molecular complexity index is 431. The summed E-state index contributed by atoms with van der Waals surface area (Å²) >= 11 is 0. The van der Waals surface area contributed by atoms with Gasteiger partial charge in [-0.1, -0.05) is 38.3 Å². The summed E-state index contributed by atoms with van der Waals surface area (Å²) in [5.74, 6) is -4.74. The number of hydrogen-bond acceptors (Lipinski definition) is 3. The van der Waals surface area contributed by atoms with Crippen molar-refractivity contribution in [2.24, 2.45) is 0 Å². The Hall–Kier alpha value is -0.930. The van der Waals surface area contributed by atoms with E-state index in [2.05, 4.69) is 18.5 Å². The van der Waals surface area contributed by atoms with Gasteiger partial charge in [0.25, 0.3) is 0 Å². The molecule has 23 heavy (non-hydrogen) atoms. The summed E-state index contributed by atoms with van der Waals surface area (Å²) in [4.78, 5) is 0. The molecule has 0 aliphatic carbocycles. The zero-order valence-corrected chi connectivity index (χ0v) is 14.0. The molecular formula is C14H25F4NO3S. The van der Waals surface area contributed by atoms with Gasteiger partial charge in [0.1, 0.15) is 0 Å². The summed E-state index contributed by atoms with van der Waals surface area (Å²) in [5, 5.41) is -2.38. The summed E-state index contributed by atoms with van der Waals surface area (Å²) in [6.45, 7) is 10.6. The van der Waals surface area contributed by atoms with Crippen LogP contribution in [0.1, 0.15) is 39.0 Å². The minimum Gasteiger partial charge on any atom is -0.310 e. The van der Waals surface area contributed by atoms with Crippen LogP contribution in [-0.4, -0.2) is 37.2 Å². The van der Waals surface area contributed by atoms with Gasteiger partial charge in [-0.05, 0) is 6.42 Å². The van der Waals surface area contributed by atoms with Crippen molar-refractivity contribution in [3.05, 3.63) is 25.3 Å². The predicted molar refractivity (Wildman–Crippen MR) is 83.5 cm³/mol. The molecule has 138 valence electrons. The third-order valence-electron chi connectivity index (χ3n) is 2.67. The van der Waals surface area contributed by atoms with Gasteiger partial charge in [-0.2, -0.15) is 26.0 Å². The van der Waals surface area contributed by atoms with Crippen molar-refractivity contribution in [1.29, 1.82) is 0 Å². The van der Waals surface area contributed by atoms with Crippen LogP contribution in [0.15, 0.2) is 25.3 Å². The highest BCUT2D eigenvalue weighted by Crippen LogP contribution is 2.41. The van der Waals surface area contributed by atoms with Crippen LogP contribution in [0.3, 0.4) is 0 Å². The van der Waals surface area contributed by atoms with Gasteiger partial charge in [0.05, 0.1) is 0 Å². The molecule has 0 rings (SSSR count). The zero-order valence-electron chi connectivity index (χ0n) is 13.2. The van der Waals surface area contributed by atoms with Crippen LogP contribution < -0.4 is 5.32 Å². The van der Waals surface area contributed by atoms with Crippen LogP contribution in [0.25, 0.3) is 0 Å². The van der Waals surface area contributed by atoms with E-state index in [0.29, 0.717) is 12.8 Å². The van der Waals surface area contributed by atoms with Gasteiger partial charge in [0.15, 0.2) is 0 Å². The number of unbranched alkanes of at least 4 members (excludes halogenated alkanes) is 3. The van der Waals surface area contributed by atoms with Crippen LogP contribution in [-0.2, 0) is 10.1 Å². The van der Waals surface area contributed by atoms with E-state index in [9.17, 15) is 26.0 Å². The Labute approximate surface area is 135 Å². The fourth-order valence-electron chi connectivity index (χ4n) is 1.40. The molecule has 0 atom stereocenters. The topological polar surface area (TPSA) is 66.4 Å². The first kappa shape index (κ1) is 24.3. The van der Waals surface area contributed by atoms with E-state index in [4.69, 9.17) is 4.55 Å². The largest absolute Gasteiger partial charge is 0.431 e. The predicted octanol–water partition coefficient (Wildman–Crippen LogP) is 4.02. The molecule has 0 saturated heterocycles. The lowest BCUT2D eigenvalue weighted by atomic mass is 10.1. The number of hydrogen-bond donors (Lipinski definition) is 2. The first-order chi connectivity index (χ1) is 10.5. The molecule has 0 fully saturated rings. The quantitative estimate of drug-likeness (QED) is 0.252. The zero-order chi connectivity index (χ0) is 18.6. The van der Waals surface area contributed by atoms with Gasteiger partial charge >= 0.3 is 21.3 Å². The normalized spacial score (nSPS) is 12.3. The van der Waals surface area contributed by atoms with E-state index in [1.54, 1.807) is 0 Å². The minimum absolute atomic E-state index is 0.216.